The smallest absolute Gasteiger partial charge is 0.225 e. The first kappa shape index (κ1) is 18.7. The number of hydrogen-bond acceptors (Lipinski definition) is 2. The minimum atomic E-state index is -4.39. The molecule has 0 spiro atoms. The van der Waals surface area contributed by atoms with Crippen molar-refractivity contribution < 1.29 is 21.6 Å². The molecule has 0 N–H and O–H groups in total. The molecule has 0 aromatic heterocycles. The lowest BCUT2D eigenvalue weighted by molar-refractivity contribution is 0.315. The van der Waals surface area contributed by atoms with Gasteiger partial charge in [-0.2, -0.15) is 0 Å². The van der Waals surface area contributed by atoms with Crippen molar-refractivity contribution in [2.24, 2.45) is 0 Å². The molecule has 26 heavy (non-hydrogen) atoms. The zero-order valence-electron chi connectivity index (χ0n) is 13.6. The fraction of sp³-hybridized carbons (Fsp3) is 0.158. The maximum atomic E-state index is 14.8. The average Bonchev–Trinajstić information content (AvgIpc) is 2.60. The SMILES string of the molecule is CS(=O)(=O)C1(F)C=CC(c2ccccc2)(c2ccc(F)c(Cl)c2)C=C1F. The zero-order valence-corrected chi connectivity index (χ0v) is 15.2. The Kier molecular flexibility index (Phi) is 4.53. The van der Waals surface area contributed by atoms with Crippen LogP contribution in [0.5, 0.6) is 0 Å². The van der Waals surface area contributed by atoms with Gasteiger partial charge >= 0.3 is 0 Å². The summed E-state index contributed by atoms with van der Waals surface area (Å²) < 4.78 is 66.5. The highest BCUT2D eigenvalue weighted by atomic mass is 35.5. The maximum Gasteiger partial charge on any atom is 0.278 e. The second kappa shape index (κ2) is 6.28. The van der Waals surface area contributed by atoms with Crippen LogP contribution in [0.3, 0.4) is 0 Å². The third-order valence-electron chi connectivity index (χ3n) is 4.43. The summed E-state index contributed by atoms with van der Waals surface area (Å²) in [6.45, 7) is 0. The van der Waals surface area contributed by atoms with Crippen LogP contribution in [-0.2, 0) is 15.3 Å². The van der Waals surface area contributed by atoms with Gasteiger partial charge in [0.2, 0.25) is 0 Å². The highest BCUT2D eigenvalue weighted by molar-refractivity contribution is 7.92. The standard InChI is InChI=1S/C19H14ClF3O2S/c1-26(24,25)19(23)10-9-18(12-17(19)22,13-5-3-2-4-6-13)14-7-8-16(21)15(20)11-14/h2-12H,1H3. The molecule has 0 radical (unpaired) electrons. The first-order valence-corrected chi connectivity index (χ1v) is 9.86. The van der Waals surface area contributed by atoms with Gasteiger partial charge in [-0.15, -0.1) is 0 Å². The number of hydrogen-bond donors (Lipinski definition) is 0. The Labute approximate surface area is 154 Å². The highest BCUT2D eigenvalue weighted by Crippen LogP contribution is 2.45. The number of benzene rings is 2. The number of allylic oxidation sites excluding steroid dienone is 2. The summed E-state index contributed by atoms with van der Waals surface area (Å²) in [7, 11) is -4.39. The molecular formula is C19H14ClF3O2S. The van der Waals surface area contributed by atoms with E-state index in [-0.39, 0.29) is 5.02 Å². The Hall–Kier alpha value is -2.05. The van der Waals surface area contributed by atoms with Crippen molar-refractivity contribution >= 4 is 21.4 Å². The first-order chi connectivity index (χ1) is 12.1. The largest absolute Gasteiger partial charge is 0.278 e. The zero-order chi connectivity index (χ0) is 19.2. The topological polar surface area (TPSA) is 34.1 Å². The number of alkyl halides is 1. The Morgan fingerprint density at radius 1 is 0.962 bits per heavy atom. The van der Waals surface area contributed by atoms with Crippen LogP contribution in [-0.4, -0.2) is 19.7 Å². The van der Waals surface area contributed by atoms with Crippen LogP contribution >= 0.6 is 11.6 Å². The normalized spacial score (nSPS) is 25.8. The molecule has 0 aliphatic heterocycles. The van der Waals surface area contributed by atoms with Crippen LogP contribution in [0, 0.1) is 5.82 Å². The molecule has 0 saturated heterocycles. The quantitative estimate of drug-likeness (QED) is 0.689. The van der Waals surface area contributed by atoms with E-state index in [0.717, 1.165) is 12.1 Å². The lowest BCUT2D eigenvalue weighted by Crippen LogP contribution is -2.38. The van der Waals surface area contributed by atoms with E-state index in [9.17, 15) is 21.6 Å². The van der Waals surface area contributed by atoms with E-state index in [4.69, 9.17) is 11.6 Å². The molecule has 7 heteroatoms. The lowest BCUT2D eigenvalue weighted by atomic mass is 9.72. The van der Waals surface area contributed by atoms with Gasteiger partial charge in [0, 0.05) is 6.26 Å². The molecule has 0 bridgehead atoms. The maximum absolute atomic E-state index is 14.8. The fourth-order valence-electron chi connectivity index (χ4n) is 2.96. The molecule has 1 aliphatic carbocycles. The summed E-state index contributed by atoms with van der Waals surface area (Å²) in [5.41, 5.74) is -0.412. The highest BCUT2D eigenvalue weighted by Gasteiger charge is 2.49. The van der Waals surface area contributed by atoms with Crippen molar-refractivity contribution in [3.05, 3.63) is 94.6 Å². The molecular weight excluding hydrogens is 385 g/mol. The van der Waals surface area contributed by atoms with Crippen LogP contribution < -0.4 is 0 Å². The Morgan fingerprint density at radius 3 is 2.15 bits per heavy atom. The molecule has 0 amide bonds. The van der Waals surface area contributed by atoms with Crippen molar-refractivity contribution in [3.8, 4) is 0 Å². The second-order valence-corrected chi connectivity index (χ2v) is 8.65. The van der Waals surface area contributed by atoms with E-state index >= 15 is 0 Å². The molecule has 0 saturated carbocycles. The van der Waals surface area contributed by atoms with Gasteiger partial charge in [-0.3, -0.25) is 0 Å². The summed E-state index contributed by atoms with van der Waals surface area (Å²) in [6, 6.07) is 12.3. The first-order valence-electron chi connectivity index (χ1n) is 7.59. The van der Waals surface area contributed by atoms with E-state index in [0.29, 0.717) is 23.5 Å². The van der Waals surface area contributed by atoms with Crippen LogP contribution in [0.15, 0.2) is 72.6 Å². The van der Waals surface area contributed by atoms with Gasteiger partial charge in [0.25, 0.3) is 5.00 Å². The molecule has 0 fully saturated rings. The van der Waals surface area contributed by atoms with Gasteiger partial charge in [-0.25, -0.2) is 21.6 Å². The van der Waals surface area contributed by atoms with Crippen LogP contribution in [0.2, 0.25) is 5.02 Å². The van der Waals surface area contributed by atoms with Crippen molar-refractivity contribution in [2.45, 2.75) is 10.4 Å². The van der Waals surface area contributed by atoms with Gasteiger partial charge < -0.3 is 0 Å². The molecule has 2 unspecified atom stereocenters. The lowest BCUT2D eigenvalue weighted by Gasteiger charge is -2.34. The fourth-order valence-corrected chi connectivity index (χ4v) is 3.87. The third kappa shape index (κ3) is 2.87. The summed E-state index contributed by atoms with van der Waals surface area (Å²) >= 11 is 5.86. The summed E-state index contributed by atoms with van der Waals surface area (Å²) in [5, 5.41) is -3.42. The Morgan fingerprint density at radius 2 is 1.62 bits per heavy atom. The van der Waals surface area contributed by atoms with Crippen molar-refractivity contribution in [2.75, 3.05) is 6.26 Å². The monoisotopic (exact) mass is 398 g/mol. The number of rotatable bonds is 3. The van der Waals surface area contributed by atoms with Gasteiger partial charge in [0.05, 0.1) is 10.4 Å². The Balaban J connectivity index is 2.29. The second-order valence-electron chi connectivity index (χ2n) is 6.11. The van der Waals surface area contributed by atoms with E-state index < -0.39 is 31.9 Å². The van der Waals surface area contributed by atoms with Gasteiger partial charge in [-0.1, -0.05) is 54.1 Å². The molecule has 3 rings (SSSR count). The van der Waals surface area contributed by atoms with E-state index in [1.807, 2.05) is 0 Å². The molecule has 2 atom stereocenters. The Bertz CT molecular complexity index is 1020. The minimum Gasteiger partial charge on any atom is -0.225 e. The van der Waals surface area contributed by atoms with Gasteiger partial charge in [0.1, 0.15) is 5.82 Å². The van der Waals surface area contributed by atoms with Crippen LogP contribution in [0.1, 0.15) is 11.1 Å². The van der Waals surface area contributed by atoms with Crippen molar-refractivity contribution in [1.82, 2.24) is 0 Å². The van der Waals surface area contributed by atoms with Crippen molar-refractivity contribution in [1.29, 1.82) is 0 Å². The molecule has 0 heterocycles. The predicted octanol–water partition coefficient (Wildman–Crippen LogP) is 4.90. The molecule has 136 valence electrons. The minimum absolute atomic E-state index is 0.180. The molecule has 2 aromatic rings. The predicted molar refractivity (Wildman–Crippen MR) is 95.6 cm³/mol. The average molecular weight is 399 g/mol. The third-order valence-corrected chi connectivity index (χ3v) is 6.13. The summed E-state index contributed by atoms with van der Waals surface area (Å²) in [5.74, 6) is -2.11. The molecule has 1 aliphatic rings. The van der Waals surface area contributed by atoms with Gasteiger partial charge in [0.15, 0.2) is 15.7 Å². The van der Waals surface area contributed by atoms with Gasteiger partial charge in [-0.05, 0) is 35.4 Å². The summed E-state index contributed by atoms with van der Waals surface area (Å²) in [6.07, 6.45) is 3.46. The van der Waals surface area contributed by atoms with Crippen LogP contribution in [0.4, 0.5) is 13.2 Å². The molecule has 2 aromatic carbocycles. The number of sulfone groups is 1. The van der Waals surface area contributed by atoms with Crippen LogP contribution in [0.25, 0.3) is 0 Å². The van der Waals surface area contributed by atoms with E-state index in [1.165, 1.54) is 18.2 Å². The summed E-state index contributed by atoms with van der Waals surface area (Å²) in [4.78, 5) is 0. The number of halogens is 4. The molecule has 2 nitrogen and oxygen atoms in total. The van der Waals surface area contributed by atoms with Crippen molar-refractivity contribution in [3.63, 3.8) is 0 Å². The van der Waals surface area contributed by atoms with E-state index in [2.05, 4.69) is 0 Å². The van der Waals surface area contributed by atoms with E-state index in [1.54, 1.807) is 30.3 Å².